The lowest BCUT2D eigenvalue weighted by atomic mass is 10.00. The molecule has 1 N–H and O–H groups in total. The second-order valence-corrected chi connectivity index (χ2v) is 4.32. The summed E-state index contributed by atoms with van der Waals surface area (Å²) < 4.78 is 5.66. The topological polar surface area (TPSA) is 29.5 Å². The first kappa shape index (κ1) is 10.2. The van der Waals surface area contributed by atoms with Crippen molar-refractivity contribution in [1.82, 2.24) is 0 Å². The van der Waals surface area contributed by atoms with Gasteiger partial charge in [-0.1, -0.05) is 24.3 Å². The van der Waals surface area contributed by atoms with Crippen LogP contribution in [0.4, 0.5) is 0 Å². The Morgan fingerprint density at radius 3 is 2.53 bits per heavy atom. The predicted octanol–water partition coefficient (Wildman–Crippen LogP) is 3.38. The normalized spacial score (nSPS) is 13.9. The number of aryl methyl sites for hydroxylation is 1. The van der Waals surface area contributed by atoms with Gasteiger partial charge in [0, 0.05) is 0 Å². The van der Waals surface area contributed by atoms with Gasteiger partial charge >= 0.3 is 0 Å². The van der Waals surface area contributed by atoms with Crippen LogP contribution in [-0.2, 0) is 6.42 Å². The standard InChI is InChI=1S/C15H14O2/c16-14-7-5-11(6-8-14)13-4-3-12-2-1-9-17-15(12)10-13/h3-8,10,16H,1-2,9H2. The van der Waals surface area contributed by atoms with Crippen LogP contribution in [0.1, 0.15) is 12.0 Å². The highest BCUT2D eigenvalue weighted by Crippen LogP contribution is 2.31. The van der Waals surface area contributed by atoms with E-state index in [2.05, 4.69) is 18.2 Å². The molecule has 0 unspecified atom stereocenters. The fourth-order valence-corrected chi connectivity index (χ4v) is 2.17. The molecule has 0 saturated heterocycles. The summed E-state index contributed by atoms with van der Waals surface area (Å²) in [7, 11) is 0. The summed E-state index contributed by atoms with van der Waals surface area (Å²) in [6.07, 6.45) is 2.21. The Kier molecular flexibility index (Phi) is 2.48. The van der Waals surface area contributed by atoms with E-state index in [1.807, 2.05) is 12.1 Å². The molecule has 1 heterocycles. The monoisotopic (exact) mass is 226 g/mol. The van der Waals surface area contributed by atoms with Crippen LogP contribution in [-0.4, -0.2) is 11.7 Å². The summed E-state index contributed by atoms with van der Waals surface area (Å²) in [5.41, 5.74) is 3.52. The second kappa shape index (κ2) is 4.13. The summed E-state index contributed by atoms with van der Waals surface area (Å²) in [6.45, 7) is 0.812. The van der Waals surface area contributed by atoms with Crippen molar-refractivity contribution in [2.45, 2.75) is 12.8 Å². The highest BCUT2D eigenvalue weighted by molar-refractivity contribution is 5.66. The average molecular weight is 226 g/mol. The van der Waals surface area contributed by atoms with E-state index >= 15 is 0 Å². The van der Waals surface area contributed by atoms with E-state index in [0.29, 0.717) is 5.75 Å². The molecule has 2 heteroatoms. The maximum absolute atomic E-state index is 9.27. The molecule has 0 bridgehead atoms. The van der Waals surface area contributed by atoms with E-state index < -0.39 is 0 Å². The number of benzene rings is 2. The van der Waals surface area contributed by atoms with Crippen molar-refractivity contribution in [2.24, 2.45) is 0 Å². The van der Waals surface area contributed by atoms with Crippen LogP contribution < -0.4 is 4.74 Å². The number of phenolic OH excluding ortho intramolecular Hbond substituents is 1. The van der Waals surface area contributed by atoms with E-state index in [1.165, 1.54) is 5.56 Å². The Balaban J connectivity index is 2.01. The quantitative estimate of drug-likeness (QED) is 0.807. The number of ether oxygens (including phenoxy) is 1. The van der Waals surface area contributed by atoms with Crippen molar-refractivity contribution in [1.29, 1.82) is 0 Å². The molecule has 0 fully saturated rings. The Morgan fingerprint density at radius 1 is 0.941 bits per heavy atom. The molecular weight excluding hydrogens is 212 g/mol. The van der Waals surface area contributed by atoms with Gasteiger partial charge in [-0.2, -0.15) is 0 Å². The molecule has 0 atom stereocenters. The number of rotatable bonds is 1. The predicted molar refractivity (Wildman–Crippen MR) is 67.4 cm³/mol. The molecule has 2 aromatic rings. The molecule has 0 radical (unpaired) electrons. The highest BCUT2D eigenvalue weighted by atomic mass is 16.5. The maximum Gasteiger partial charge on any atom is 0.123 e. The van der Waals surface area contributed by atoms with Crippen LogP contribution in [0.5, 0.6) is 11.5 Å². The van der Waals surface area contributed by atoms with Crippen molar-refractivity contribution >= 4 is 0 Å². The molecule has 0 spiro atoms. The van der Waals surface area contributed by atoms with Gasteiger partial charge in [-0.05, 0) is 47.7 Å². The zero-order valence-electron chi connectivity index (χ0n) is 9.52. The Labute approximate surface area is 100 Å². The first-order chi connectivity index (χ1) is 8.33. The van der Waals surface area contributed by atoms with Gasteiger partial charge in [0.05, 0.1) is 6.61 Å². The molecule has 3 rings (SSSR count). The average Bonchev–Trinajstić information content (AvgIpc) is 2.39. The van der Waals surface area contributed by atoms with Crippen LogP contribution in [0, 0.1) is 0 Å². The fourth-order valence-electron chi connectivity index (χ4n) is 2.17. The fraction of sp³-hybridized carbons (Fsp3) is 0.200. The summed E-state index contributed by atoms with van der Waals surface area (Å²) in [6, 6.07) is 13.6. The van der Waals surface area contributed by atoms with Gasteiger partial charge in [-0.25, -0.2) is 0 Å². The van der Waals surface area contributed by atoms with E-state index in [0.717, 1.165) is 36.3 Å². The lowest BCUT2D eigenvalue weighted by Crippen LogP contribution is -2.07. The Hall–Kier alpha value is -1.96. The van der Waals surface area contributed by atoms with Gasteiger partial charge in [0.25, 0.3) is 0 Å². The maximum atomic E-state index is 9.27. The lowest BCUT2D eigenvalue weighted by Gasteiger charge is -2.18. The lowest BCUT2D eigenvalue weighted by molar-refractivity contribution is 0.288. The summed E-state index contributed by atoms with van der Waals surface area (Å²) in [5.74, 6) is 1.30. The number of aromatic hydroxyl groups is 1. The zero-order valence-corrected chi connectivity index (χ0v) is 9.52. The van der Waals surface area contributed by atoms with E-state index in [9.17, 15) is 5.11 Å². The number of fused-ring (bicyclic) bond motifs is 1. The minimum atomic E-state index is 0.294. The van der Waals surface area contributed by atoms with Crippen molar-refractivity contribution in [3.8, 4) is 22.6 Å². The van der Waals surface area contributed by atoms with Crippen molar-refractivity contribution in [3.63, 3.8) is 0 Å². The molecule has 2 aromatic carbocycles. The molecule has 2 nitrogen and oxygen atoms in total. The first-order valence-electron chi connectivity index (χ1n) is 5.88. The largest absolute Gasteiger partial charge is 0.508 e. The molecule has 1 aliphatic rings. The smallest absolute Gasteiger partial charge is 0.123 e. The second-order valence-electron chi connectivity index (χ2n) is 4.32. The van der Waals surface area contributed by atoms with Crippen LogP contribution >= 0.6 is 0 Å². The molecule has 0 saturated carbocycles. The van der Waals surface area contributed by atoms with Crippen molar-refractivity contribution < 1.29 is 9.84 Å². The molecular formula is C15H14O2. The SMILES string of the molecule is Oc1ccc(-c2ccc3c(c2)OCCC3)cc1. The number of phenols is 1. The molecule has 0 aliphatic carbocycles. The van der Waals surface area contributed by atoms with Gasteiger partial charge in [-0.3, -0.25) is 0 Å². The molecule has 0 amide bonds. The van der Waals surface area contributed by atoms with Crippen LogP contribution in [0.3, 0.4) is 0 Å². The van der Waals surface area contributed by atoms with E-state index in [4.69, 9.17) is 4.74 Å². The van der Waals surface area contributed by atoms with E-state index in [1.54, 1.807) is 12.1 Å². The van der Waals surface area contributed by atoms with Crippen LogP contribution in [0.15, 0.2) is 42.5 Å². The molecule has 1 aliphatic heterocycles. The third kappa shape index (κ3) is 1.98. The Morgan fingerprint density at radius 2 is 1.71 bits per heavy atom. The van der Waals surface area contributed by atoms with Gasteiger partial charge in [0.1, 0.15) is 11.5 Å². The highest BCUT2D eigenvalue weighted by Gasteiger charge is 2.10. The Bertz CT molecular complexity index is 529. The first-order valence-corrected chi connectivity index (χ1v) is 5.88. The third-order valence-corrected chi connectivity index (χ3v) is 3.12. The molecule has 86 valence electrons. The molecule has 0 aromatic heterocycles. The number of hydrogen-bond donors (Lipinski definition) is 1. The van der Waals surface area contributed by atoms with Gasteiger partial charge < -0.3 is 9.84 Å². The number of hydrogen-bond acceptors (Lipinski definition) is 2. The molecule has 17 heavy (non-hydrogen) atoms. The van der Waals surface area contributed by atoms with Crippen molar-refractivity contribution in [3.05, 3.63) is 48.0 Å². The van der Waals surface area contributed by atoms with Gasteiger partial charge in [-0.15, -0.1) is 0 Å². The van der Waals surface area contributed by atoms with Crippen LogP contribution in [0.25, 0.3) is 11.1 Å². The summed E-state index contributed by atoms with van der Waals surface area (Å²) in [4.78, 5) is 0. The summed E-state index contributed by atoms with van der Waals surface area (Å²) >= 11 is 0. The zero-order chi connectivity index (χ0) is 11.7. The summed E-state index contributed by atoms with van der Waals surface area (Å²) in [5, 5.41) is 9.27. The third-order valence-electron chi connectivity index (χ3n) is 3.12. The van der Waals surface area contributed by atoms with Gasteiger partial charge in [0.15, 0.2) is 0 Å². The van der Waals surface area contributed by atoms with Crippen LogP contribution in [0.2, 0.25) is 0 Å². The van der Waals surface area contributed by atoms with Crippen molar-refractivity contribution in [2.75, 3.05) is 6.61 Å². The minimum Gasteiger partial charge on any atom is -0.508 e. The minimum absolute atomic E-state index is 0.294. The van der Waals surface area contributed by atoms with E-state index in [-0.39, 0.29) is 0 Å². The van der Waals surface area contributed by atoms with Gasteiger partial charge in [0.2, 0.25) is 0 Å².